The number of aromatic nitrogens is 2. The van der Waals surface area contributed by atoms with E-state index in [1.165, 1.54) is 21.2 Å². The van der Waals surface area contributed by atoms with Crippen LogP contribution < -0.4 is 0 Å². The second-order valence-electron chi connectivity index (χ2n) is 7.01. The van der Waals surface area contributed by atoms with Gasteiger partial charge in [-0.05, 0) is 36.9 Å². The van der Waals surface area contributed by atoms with E-state index in [0.717, 1.165) is 38.4 Å². The van der Waals surface area contributed by atoms with E-state index in [4.69, 9.17) is 0 Å². The molecule has 1 aliphatic rings. The van der Waals surface area contributed by atoms with E-state index in [-0.39, 0.29) is 0 Å². The van der Waals surface area contributed by atoms with Gasteiger partial charge in [-0.1, -0.05) is 12.1 Å². The van der Waals surface area contributed by atoms with Crippen molar-refractivity contribution in [2.75, 3.05) is 26.2 Å². The zero-order chi connectivity index (χ0) is 17.2. The molecule has 0 radical (unpaired) electrons. The summed E-state index contributed by atoms with van der Waals surface area (Å²) in [5, 5.41) is 2.46. The molecule has 25 heavy (non-hydrogen) atoms. The van der Waals surface area contributed by atoms with Crippen LogP contribution in [0.25, 0.3) is 21.2 Å². The molecule has 1 saturated heterocycles. The molecule has 130 valence electrons. The van der Waals surface area contributed by atoms with Crippen molar-refractivity contribution >= 4 is 22.1 Å². The number of nitrogens with zero attached hydrogens (tertiary/aromatic N) is 4. The van der Waals surface area contributed by atoms with E-state index in [9.17, 15) is 0 Å². The Hall–Kier alpha value is -1.82. The molecule has 2 aromatic heterocycles. The molecular weight excluding hydrogens is 328 g/mol. The zero-order valence-electron chi connectivity index (χ0n) is 14.9. The van der Waals surface area contributed by atoms with Crippen LogP contribution in [0.1, 0.15) is 19.5 Å². The molecule has 1 aliphatic heterocycles. The predicted molar refractivity (Wildman–Crippen MR) is 105 cm³/mol. The summed E-state index contributed by atoms with van der Waals surface area (Å²) < 4.78 is 0. The van der Waals surface area contributed by atoms with E-state index in [0.29, 0.717) is 6.04 Å². The summed E-state index contributed by atoms with van der Waals surface area (Å²) in [6, 6.07) is 9.45. The summed E-state index contributed by atoms with van der Waals surface area (Å²) in [5.41, 5.74) is 4.28. The minimum atomic E-state index is 0.645. The zero-order valence-corrected chi connectivity index (χ0v) is 15.7. The number of fused-ring (bicyclic) bond motifs is 1. The minimum absolute atomic E-state index is 0.645. The third-order valence-electron chi connectivity index (χ3n) is 5.02. The third kappa shape index (κ3) is 3.73. The molecule has 5 heteroatoms. The highest BCUT2D eigenvalue weighted by Gasteiger charge is 2.19. The van der Waals surface area contributed by atoms with Crippen LogP contribution in [0.2, 0.25) is 0 Å². The average molecular weight is 353 g/mol. The summed E-state index contributed by atoms with van der Waals surface area (Å²) in [6.07, 6.45) is 3.94. The fourth-order valence-corrected chi connectivity index (χ4v) is 4.07. The number of piperazine rings is 1. The lowest BCUT2D eigenvalue weighted by Gasteiger charge is -2.36. The standard InChI is InChI=1S/C20H24N4S/c1-15(2)24-7-5-23(6-8-24)13-19-10-18-9-16(20-12-21-14-25-20)3-4-17(18)11-22-19/h3-4,9-12,14-15H,5-8,13H2,1-2H3. The van der Waals surface area contributed by atoms with Gasteiger partial charge in [0.25, 0.3) is 0 Å². The summed E-state index contributed by atoms with van der Waals surface area (Å²) >= 11 is 1.68. The molecule has 4 rings (SSSR count). The van der Waals surface area contributed by atoms with Gasteiger partial charge in [0.15, 0.2) is 0 Å². The SMILES string of the molecule is CC(C)N1CCN(Cc2cc3cc(-c4cncs4)ccc3cn2)CC1. The van der Waals surface area contributed by atoms with Gasteiger partial charge in [0.2, 0.25) is 0 Å². The highest BCUT2D eigenvalue weighted by molar-refractivity contribution is 7.13. The van der Waals surface area contributed by atoms with Crippen LogP contribution in [-0.2, 0) is 6.54 Å². The Morgan fingerprint density at radius 1 is 1.04 bits per heavy atom. The maximum Gasteiger partial charge on any atom is 0.0797 e. The summed E-state index contributed by atoms with van der Waals surface area (Å²) in [6.45, 7) is 10.0. The lowest BCUT2D eigenvalue weighted by molar-refractivity contribution is 0.103. The van der Waals surface area contributed by atoms with Crippen molar-refractivity contribution < 1.29 is 0 Å². The van der Waals surface area contributed by atoms with Gasteiger partial charge in [-0.25, -0.2) is 0 Å². The van der Waals surface area contributed by atoms with Crippen molar-refractivity contribution in [1.82, 2.24) is 19.8 Å². The third-order valence-corrected chi connectivity index (χ3v) is 5.84. The second kappa shape index (κ2) is 7.20. The first kappa shape index (κ1) is 16.6. The average Bonchev–Trinajstić information content (AvgIpc) is 3.16. The Labute approximate surface area is 153 Å². The first-order valence-corrected chi connectivity index (χ1v) is 9.81. The van der Waals surface area contributed by atoms with E-state index in [1.54, 1.807) is 11.3 Å². The Morgan fingerprint density at radius 2 is 1.88 bits per heavy atom. The molecule has 1 aromatic carbocycles. The molecule has 0 atom stereocenters. The van der Waals surface area contributed by atoms with Crippen LogP contribution in [0.15, 0.2) is 42.2 Å². The van der Waals surface area contributed by atoms with Gasteiger partial charge in [0.1, 0.15) is 0 Å². The molecule has 4 nitrogen and oxygen atoms in total. The summed E-state index contributed by atoms with van der Waals surface area (Å²) in [5.74, 6) is 0. The van der Waals surface area contributed by atoms with Gasteiger partial charge in [-0.15, -0.1) is 11.3 Å². The number of benzene rings is 1. The molecular formula is C20H24N4S. The Kier molecular flexibility index (Phi) is 4.79. The van der Waals surface area contributed by atoms with Gasteiger partial charge >= 0.3 is 0 Å². The fourth-order valence-electron chi connectivity index (χ4n) is 3.45. The number of pyridine rings is 1. The second-order valence-corrected chi connectivity index (χ2v) is 7.90. The first-order valence-electron chi connectivity index (χ1n) is 8.93. The van der Waals surface area contributed by atoms with Crippen molar-refractivity contribution in [3.63, 3.8) is 0 Å². The normalized spacial score (nSPS) is 16.8. The van der Waals surface area contributed by atoms with Crippen molar-refractivity contribution in [3.8, 4) is 10.4 Å². The van der Waals surface area contributed by atoms with Gasteiger partial charge in [0.05, 0.1) is 16.1 Å². The Balaban J connectivity index is 1.51. The van der Waals surface area contributed by atoms with E-state index in [2.05, 4.69) is 57.9 Å². The van der Waals surface area contributed by atoms with Crippen molar-refractivity contribution in [2.24, 2.45) is 0 Å². The molecule has 3 aromatic rings. The van der Waals surface area contributed by atoms with Crippen LogP contribution in [-0.4, -0.2) is 52.0 Å². The van der Waals surface area contributed by atoms with Crippen LogP contribution >= 0.6 is 11.3 Å². The molecule has 0 N–H and O–H groups in total. The van der Waals surface area contributed by atoms with Gasteiger partial charge < -0.3 is 0 Å². The van der Waals surface area contributed by atoms with Crippen LogP contribution in [0.5, 0.6) is 0 Å². The predicted octanol–water partition coefficient (Wildman–Crippen LogP) is 3.88. The van der Waals surface area contributed by atoms with E-state index < -0.39 is 0 Å². The van der Waals surface area contributed by atoms with Crippen molar-refractivity contribution in [2.45, 2.75) is 26.4 Å². The molecule has 0 unspecified atom stereocenters. The van der Waals surface area contributed by atoms with Crippen LogP contribution in [0.3, 0.4) is 0 Å². The molecule has 3 heterocycles. The number of thiazole rings is 1. The van der Waals surface area contributed by atoms with Crippen LogP contribution in [0.4, 0.5) is 0 Å². The van der Waals surface area contributed by atoms with Gasteiger partial charge in [-0.2, -0.15) is 0 Å². The molecule has 0 saturated carbocycles. The smallest absolute Gasteiger partial charge is 0.0797 e. The maximum atomic E-state index is 4.68. The number of hydrogen-bond donors (Lipinski definition) is 0. The molecule has 0 bridgehead atoms. The Bertz CT molecular complexity index is 836. The topological polar surface area (TPSA) is 32.3 Å². The molecule has 0 aliphatic carbocycles. The quantitative estimate of drug-likeness (QED) is 0.713. The maximum absolute atomic E-state index is 4.68. The van der Waals surface area contributed by atoms with Crippen LogP contribution in [0, 0.1) is 0 Å². The molecule has 0 amide bonds. The highest BCUT2D eigenvalue weighted by Crippen LogP contribution is 2.27. The first-order chi connectivity index (χ1) is 12.2. The van der Waals surface area contributed by atoms with Crippen molar-refractivity contribution in [3.05, 3.63) is 47.9 Å². The summed E-state index contributed by atoms with van der Waals surface area (Å²) in [4.78, 5) is 15.1. The van der Waals surface area contributed by atoms with Gasteiger partial charge in [0, 0.05) is 56.5 Å². The molecule has 0 spiro atoms. The van der Waals surface area contributed by atoms with Gasteiger partial charge in [-0.3, -0.25) is 19.8 Å². The molecule has 1 fully saturated rings. The minimum Gasteiger partial charge on any atom is -0.298 e. The monoisotopic (exact) mass is 352 g/mol. The fraction of sp³-hybridized carbons (Fsp3) is 0.400. The summed E-state index contributed by atoms with van der Waals surface area (Å²) in [7, 11) is 0. The lowest BCUT2D eigenvalue weighted by atomic mass is 10.1. The number of rotatable bonds is 4. The number of hydrogen-bond acceptors (Lipinski definition) is 5. The van der Waals surface area contributed by atoms with E-state index >= 15 is 0 Å². The lowest BCUT2D eigenvalue weighted by Crippen LogP contribution is -2.48. The van der Waals surface area contributed by atoms with E-state index in [1.807, 2.05) is 17.9 Å². The highest BCUT2D eigenvalue weighted by atomic mass is 32.1. The Morgan fingerprint density at radius 3 is 2.60 bits per heavy atom. The van der Waals surface area contributed by atoms with Crippen molar-refractivity contribution in [1.29, 1.82) is 0 Å². The largest absolute Gasteiger partial charge is 0.298 e.